The number of amides is 1. The first-order chi connectivity index (χ1) is 8.61. The molecule has 18 heavy (non-hydrogen) atoms. The lowest BCUT2D eigenvalue weighted by Crippen LogP contribution is -2.33. The van der Waals surface area contributed by atoms with E-state index in [2.05, 4.69) is 26.6 Å². The fourth-order valence-corrected chi connectivity index (χ4v) is 1.74. The maximum Gasteiger partial charge on any atom is 0.238 e. The van der Waals surface area contributed by atoms with Crippen LogP contribution in [0, 0.1) is 0 Å². The van der Waals surface area contributed by atoms with E-state index in [0.29, 0.717) is 13.2 Å². The Morgan fingerprint density at radius 2 is 2.06 bits per heavy atom. The Morgan fingerprint density at radius 1 is 1.39 bits per heavy atom. The molecular formula is C13H19BrN2O2. The topological polar surface area (TPSA) is 50.4 Å². The molecular weight excluding hydrogens is 296 g/mol. The molecule has 0 spiro atoms. The van der Waals surface area contributed by atoms with Crippen LogP contribution >= 0.6 is 15.9 Å². The summed E-state index contributed by atoms with van der Waals surface area (Å²) in [6.45, 7) is 5.57. The van der Waals surface area contributed by atoms with Gasteiger partial charge in [-0.2, -0.15) is 0 Å². The van der Waals surface area contributed by atoms with Crippen LogP contribution in [-0.4, -0.2) is 31.7 Å². The summed E-state index contributed by atoms with van der Waals surface area (Å²) in [6, 6.07) is 7.48. The maximum absolute atomic E-state index is 11.6. The quantitative estimate of drug-likeness (QED) is 0.812. The molecule has 1 unspecified atom stereocenters. The number of anilines is 1. The van der Waals surface area contributed by atoms with Crippen molar-refractivity contribution in [3.63, 3.8) is 0 Å². The third-order valence-corrected chi connectivity index (χ3v) is 2.83. The van der Waals surface area contributed by atoms with Gasteiger partial charge in [-0.25, -0.2) is 0 Å². The van der Waals surface area contributed by atoms with Gasteiger partial charge in [0.2, 0.25) is 5.91 Å². The summed E-state index contributed by atoms with van der Waals surface area (Å²) in [4.78, 5) is 11.6. The maximum atomic E-state index is 11.6. The molecule has 5 heteroatoms. The van der Waals surface area contributed by atoms with Gasteiger partial charge in [0.15, 0.2) is 0 Å². The molecule has 1 amide bonds. The number of rotatable bonds is 7. The number of carbonyl (C=O) groups is 1. The second-order valence-corrected chi connectivity index (χ2v) is 4.87. The van der Waals surface area contributed by atoms with Crippen molar-refractivity contribution in [2.45, 2.75) is 20.0 Å². The van der Waals surface area contributed by atoms with Crippen molar-refractivity contribution in [3.05, 3.63) is 28.7 Å². The van der Waals surface area contributed by atoms with Crippen LogP contribution in [-0.2, 0) is 9.53 Å². The zero-order valence-corrected chi connectivity index (χ0v) is 12.3. The van der Waals surface area contributed by atoms with E-state index in [1.165, 1.54) is 0 Å². The van der Waals surface area contributed by atoms with Gasteiger partial charge in [-0.15, -0.1) is 0 Å². The Labute approximate surface area is 116 Å². The van der Waals surface area contributed by atoms with Crippen molar-refractivity contribution < 1.29 is 9.53 Å². The second kappa shape index (κ2) is 8.24. The lowest BCUT2D eigenvalue weighted by molar-refractivity contribution is -0.115. The van der Waals surface area contributed by atoms with Gasteiger partial charge in [-0.3, -0.25) is 4.79 Å². The summed E-state index contributed by atoms with van der Waals surface area (Å²) in [5.41, 5.74) is 0.794. The minimum absolute atomic E-state index is 0.0546. The molecule has 0 saturated carbocycles. The number of hydrogen-bond acceptors (Lipinski definition) is 3. The lowest BCUT2D eigenvalue weighted by atomic mass is 10.3. The van der Waals surface area contributed by atoms with Crippen LogP contribution in [0.15, 0.2) is 28.7 Å². The number of halogens is 1. The first-order valence-corrected chi connectivity index (χ1v) is 6.79. The summed E-state index contributed by atoms with van der Waals surface area (Å²) >= 11 is 3.35. The normalized spacial score (nSPS) is 12.2. The lowest BCUT2D eigenvalue weighted by Gasteiger charge is -2.12. The van der Waals surface area contributed by atoms with Gasteiger partial charge in [0.25, 0.3) is 0 Å². The van der Waals surface area contributed by atoms with Gasteiger partial charge >= 0.3 is 0 Å². The van der Waals surface area contributed by atoms with E-state index in [1.807, 2.05) is 38.1 Å². The van der Waals surface area contributed by atoms with E-state index in [4.69, 9.17) is 4.74 Å². The molecule has 0 fully saturated rings. The molecule has 0 bridgehead atoms. The Kier molecular flexibility index (Phi) is 6.93. The van der Waals surface area contributed by atoms with Gasteiger partial charge in [-0.05, 0) is 38.1 Å². The highest BCUT2D eigenvalue weighted by Crippen LogP contribution is 2.13. The minimum atomic E-state index is -0.0546. The highest BCUT2D eigenvalue weighted by atomic mass is 79.9. The second-order valence-electron chi connectivity index (χ2n) is 3.95. The molecule has 0 aliphatic heterocycles. The zero-order valence-electron chi connectivity index (χ0n) is 10.7. The minimum Gasteiger partial charge on any atom is -0.377 e. The van der Waals surface area contributed by atoms with Crippen molar-refractivity contribution in [2.75, 3.05) is 25.0 Å². The molecule has 0 aliphatic rings. The third-order valence-electron chi connectivity index (χ3n) is 2.30. The highest BCUT2D eigenvalue weighted by molar-refractivity contribution is 9.10. The van der Waals surface area contributed by atoms with Crippen LogP contribution in [0.3, 0.4) is 0 Å². The molecule has 100 valence electrons. The molecule has 0 radical (unpaired) electrons. The molecule has 0 heterocycles. The summed E-state index contributed by atoms with van der Waals surface area (Å²) in [5, 5.41) is 5.87. The molecule has 1 rings (SSSR count). The van der Waals surface area contributed by atoms with Crippen LogP contribution in [0.1, 0.15) is 13.8 Å². The predicted molar refractivity (Wildman–Crippen MR) is 76.7 cm³/mol. The number of hydrogen-bond donors (Lipinski definition) is 2. The van der Waals surface area contributed by atoms with Crippen molar-refractivity contribution >= 4 is 27.5 Å². The van der Waals surface area contributed by atoms with Crippen LogP contribution in [0.2, 0.25) is 0 Å². The van der Waals surface area contributed by atoms with Crippen molar-refractivity contribution in [2.24, 2.45) is 0 Å². The molecule has 0 aromatic heterocycles. The fourth-order valence-electron chi connectivity index (χ4n) is 1.47. The van der Waals surface area contributed by atoms with Crippen LogP contribution in [0.5, 0.6) is 0 Å². The van der Waals surface area contributed by atoms with Gasteiger partial charge < -0.3 is 15.4 Å². The Hall–Kier alpha value is -0.910. The molecule has 0 saturated heterocycles. The summed E-state index contributed by atoms with van der Waals surface area (Å²) in [6.07, 6.45) is 0.121. The highest BCUT2D eigenvalue weighted by Gasteiger charge is 2.04. The Bertz CT molecular complexity index is 368. The van der Waals surface area contributed by atoms with Gasteiger partial charge in [0.1, 0.15) is 0 Å². The van der Waals surface area contributed by atoms with Crippen LogP contribution in [0.4, 0.5) is 5.69 Å². The molecule has 1 atom stereocenters. The van der Waals surface area contributed by atoms with E-state index in [0.717, 1.165) is 10.2 Å². The number of carbonyl (C=O) groups excluding carboxylic acids is 1. The first-order valence-electron chi connectivity index (χ1n) is 5.99. The van der Waals surface area contributed by atoms with Gasteiger partial charge in [-0.1, -0.05) is 15.9 Å². The largest absolute Gasteiger partial charge is 0.377 e. The molecule has 4 nitrogen and oxygen atoms in total. The first kappa shape index (κ1) is 15.1. The van der Waals surface area contributed by atoms with Gasteiger partial charge in [0.05, 0.1) is 12.6 Å². The number of ether oxygens (including phenoxy) is 1. The average molecular weight is 315 g/mol. The predicted octanol–water partition coefficient (Wildman–Crippen LogP) is 2.40. The smallest absolute Gasteiger partial charge is 0.238 e. The van der Waals surface area contributed by atoms with Crippen LogP contribution < -0.4 is 10.6 Å². The number of benzene rings is 1. The van der Waals surface area contributed by atoms with E-state index in [1.54, 1.807) is 0 Å². The molecule has 1 aromatic rings. The van der Waals surface area contributed by atoms with E-state index < -0.39 is 0 Å². The molecule has 0 aliphatic carbocycles. The Balaban J connectivity index is 2.23. The van der Waals surface area contributed by atoms with Gasteiger partial charge in [0, 0.05) is 23.3 Å². The SMILES string of the molecule is CCOC(C)CNCC(=O)Nc1ccc(Br)cc1. The number of nitrogens with one attached hydrogen (secondary N) is 2. The molecule has 2 N–H and O–H groups in total. The third kappa shape index (κ3) is 6.14. The van der Waals surface area contributed by atoms with Crippen molar-refractivity contribution in [3.8, 4) is 0 Å². The summed E-state index contributed by atoms with van der Waals surface area (Å²) in [5.74, 6) is -0.0546. The van der Waals surface area contributed by atoms with Crippen molar-refractivity contribution in [1.29, 1.82) is 0 Å². The van der Waals surface area contributed by atoms with E-state index in [9.17, 15) is 4.79 Å². The van der Waals surface area contributed by atoms with E-state index >= 15 is 0 Å². The zero-order chi connectivity index (χ0) is 13.4. The van der Waals surface area contributed by atoms with Crippen molar-refractivity contribution in [1.82, 2.24) is 5.32 Å². The average Bonchev–Trinajstić information content (AvgIpc) is 2.32. The summed E-state index contributed by atoms with van der Waals surface area (Å²) < 4.78 is 6.35. The Morgan fingerprint density at radius 3 is 2.67 bits per heavy atom. The monoisotopic (exact) mass is 314 g/mol. The van der Waals surface area contributed by atoms with E-state index in [-0.39, 0.29) is 18.6 Å². The standard InChI is InChI=1S/C13H19BrN2O2/c1-3-18-10(2)8-15-9-13(17)16-12-6-4-11(14)5-7-12/h4-7,10,15H,3,8-9H2,1-2H3,(H,16,17). The fraction of sp³-hybridized carbons (Fsp3) is 0.462. The van der Waals surface area contributed by atoms with Crippen LogP contribution in [0.25, 0.3) is 0 Å². The molecule has 1 aromatic carbocycles. The summed E-state index contributed by atoms with van der Waals surface area (Å²) in [7, 11) is 0.